The molecular weight excluding hydrogens is 382 g/mol. The molecular formula is C18H19N5O2S2. The summed E-state index contributed by atoms with van der Waals surface area (Å²) >= 11 is 2.84. The fraction of sp³-hybridized carbons (Fsp3) is 0.333. The van der Waals surface area contributed by atoms with Gasteiger partial charge in [0.05, 0.1) is 22.5 Å². The Bertz CT molecular complexity index is 977. The van der Waals surface area contributed by atoms with Crippen LogP contribution in [0.2, 0.25) is 0 Å². The van der Waals surface area contributed by atoms with E-state index in [0.717, 1.165) is 20.8 Å². The van der Waals surface area contributed by atoms with Gasteiger partial charge in [0.1, 0.15) is 0 Å². The van der Waals surface area contributed by atoms with Gasteiger partial charge in [-0.3, -0.25) is 10.1 Å². The van der Waals surface area contributed by atoms with Crippen molar-refractivity contribution in [1.29, 1.82) is 0 Å². The minimum absolute atomic E-state index is 0.0534. The van der Waals surface area contributed by atoms with Crippen molar-refractivity contribution in [2.45, 2.75) is 32.9 Å². The van der Waals surface area contributed by atoms with Crippen molar-refractivity contribution < 1.29 is 9.59 Å². The predicted molar refractivity (Wildman–Crippen MR) is 107 cm³/mol. The lowest BCUT2D eigenvalue weighted by atomic mass is 10.2. The van der Waals surface area contributed by atoms with Crippen molar-refractivity contribution in [3.05, 3.63) is 39.8 Å². The second kappa shape index (κ2) is 7.24. The fourth-order valence-corrected chi connectivity index (χ4v) is 4.87. The standard InChI is InChI=1S/C18H19N5O2S2/c1-10(2)19-17(25)22-18-21-12-7-8-23(9-14(12)27-18)16(24)15-20-11-5-3-4-6-13(11)26-15/h3-6,10H,7-9H2,1-2H3,(H2,19,21,22,25). The van der Waals surface area contributed by atoms with Gasteiger partial charge in [0.25, 0.3) is 5.91 Å². The summed E-state index contributed by atoms with van der Waals surface area (Å²) in [6.07, 6.45) is 0.677. The summed E-state index contributed by atoms with van der Waals surface area (Å²) in [6, 6.07) is 7.55. The van der Waals surface area contributed by atoms with Crippen molar-refractivity contribution in [1.82, 2.24) is 20.2 Å². The highest BCUT2D eigenvalue weighted by atomic mass is 32.1. The molecule has 0 saturated carbocycles. The van der Waals surface area contributed by atoms with Gasteiger partial charge >= 0.3 is 6.03 Å². The van der Waals surface area contributed by atoms with E-state index in [4.69, 9.17) is 0 Å². The second-order valence-corrected chi connectivity index (χ2v) is 8.72. The van der Waals surface area contributed by atoms with Gasteiger partial charge in [0, 0.05) is 23.9 Å². The van der Waals surface area contributed by atoms with E-state index in [0.29, 0.717) is 29.6 Å². The maximum absolute atomic E-state index is 12.9. The lowest BCUT2D eigenvalue weighted by Crippen LogP contribution is -2.35. The Kier molecular flexibility index (Phi) is 4.79. The Hall–Kier alpha value is -2.52. The van der Waals surface area contributed by atoms with Crippen molar-refractivity contribution >= 4 is 50.0 Å². The molecule has 2 aromatic heterocycles. The molecule has 0 radical (unpaired) electrons. The quantitative estimate of drug-likeness (QED) is 0.703. The number of aromatic nitrogens is 2. The van der Waals surface area contributed by atoms with Crippen LogP contribution in [-0.2, 0) is 13.0 Å². The van der Waals surface area contributed by atoms with Crippen molar-refractivity contribution in [2.75, 3.05) is 11.9 Å². The molecule has 0 aliphatic carbocycles. The van der Waals surface area contributed by atoms with Crippen LogP contribution in [0.1, 0.15) is 34.2 Å². The molecule has 9 heteroatoms. The van der Waals surface area contributed by atoms with E-state index in [1.54, 1.807) is 4.90 Å². The number of amides is 3. The first-order valence-electron chi connectivity index (χ1n) is 8.70. The van der Waals surface area contributed by atoms with E-state index < -0.39 is 0 Å². The number of nitrogens with zero attached hydrogens (tertiary/aromatic N) is 3. The highest BCUT2D eigenvalue weighted by Gasteiger charge is 2.27. The number of thiazole rings is 2. The molecule has 0 bridgehead atoms. The van der Waals surface area contributed by atoms with Gasteiger partial charge in [-0.25, -0.2) is 14.8 Å². The van der Waals surface area contributed by atoms with E-state index in [1.165, 1.54) is 22.7 Å². The molecule has 4 rings (SSSR count). The lowest BCUT2D eigenvalue weighted by Gasteiger charge is -2.25. The molecule has 2 N–H and O–H groups in total. The summed E-state index contributed by atoms with van der Waals surface area (Å²) in [5.41, 5.74) is 1.80. The first kappa shape index (κ1) is 17.9. The summed E-state index contributed by atoms with van der Waals surface area (Å²) in [7, 11) is 0. The molecule has 3 aromatic rings. The lowest BCUT2D eigenvalue weighted by molar-refractivity contribution is 0.0736. The van der Waals surface area contributed by atoms with Gasteiger partial charge in [-0.15, -0.1) is 11.3 Å². The summed E-state index contributed by atoms with van der Waals surface area (Å²) in [5, 5.41) is 6.62. The molecule has 0 atom stereocenters. The molecule has 0 fully saturated rings. The number of hydrogen-bond acceptors (Lipinski definition) is 6. The summed E-state index contributed by atoms with van der Waals surface area (Å²) in [5.74, 6) is -0.0534. The van der Waals surface area contributed by atoms with E-state index in [-0.39, 0.29) is 18.0 Å². The van der Waals surface area contributed by atoms with Gasteiger partial charge in [0.15, 0.2) is 10.1 Å². The topological polar surface area (TPSA) is 87.2 Å². The Morgan fingerprint density at radius 1 is 1.19 bits per heavy atom. The van der Waals surface area contributed by atoms with Gasteiger partial charge in [0.2, 0.25) is 0 Å². The van der Waals surface area contributed by atoms with E-state index in [1.807, 2.05) is 38.1 Å². The number of anilines is 1. The van der Waals surface area contributed by atoms with Crippen molar-refractivity contribution in [2.24, 2.45) is 0 Å². The predicted octanol–water partition coefficient (Wildman–Crippen LogP) is 3.48. The normalized spacial score (nSPS) is 13.7. The minimum atomic E-state index is -0.265. The van der Waals surface area contributed by atoms with Gasteiger partial charge < -0.3 is 10.2 Å². The van der Waals surface area contributed by atoms with Crippen molar-refractivity contribution in [3.8, 4) is 0 Å². The molecule has 27 heavy (non-hydrogen) atoms. The van der Waals surface area contributed by atoms with E-state index in [9.17, 15) is 9.59 Å². The number of hydrogen-bond donors (Lipinski definition) is 2. The number of para-hydroxylation sites is 1. The van der Waals surface area contributed by atoms with Crippen LogP contribution in [0.15, 0.2) is 24.3 Å². The minimum Gasteiger partial charge on any atom is -0.336 e. The summed E-state index contributed by atoms with van der Waals surface area (Å²) in [4.78, 5) is 36.5. The Morgan fingerprint density at radius 3 is 2.78 bits per heavy atom. The number of carbonyl (C=O) groups is 2. The molecule has 1 aliphatic heterocycles. The van der Waals surface area contributed by atoms with Crippen LogP contribution < -0.4 is 10.6 Å². The molecule has 1 aliphatic rings. The molecule has 3 heterocycles. The number of fused-ring (bicyclic) bond motifs is 2. The third kappa shape index (κ3) is 3.79. The molecule has 7 nitrogen and oxygen atoms in total. The average Bonchev–Trinajstić information content (AvgIpc) is 3.22. The highest BCUT2D eigenvalue weighted by Crippen LogP contribution is 2.30. The zero-order valence-corrected chi connectivity index (χ0v) is 16.6. The van der Waals surface area contributed by atoms with Crippen LogP contribution in [0.3, 0.4) is 0 Å². The van der Waals surface area contributed by atoms with Crippen LogP contribution in [-0.4, -0.2) is 39.4 Å². The second-order valence-electron chi connectivity index (χ2n) is 6.61. The van der Waals surface area contributed by atoms with Crippen LogP contribution in [0, 0.1) is 0 Å². The number of carbonyl (C=O) groups excluding carboxylic acids is 2. The van der Waals surface area contributed by atoms with E-state index >= 15 is 0 Å². The zero-order chi connectivity index (χ0) is 19.0. The SMILES string of the molecule is CC(C)NC(=O)Nc1nc2c(s1)CN(C(=O)c1nc3ccccc3s1)CC2. The molecule has 0 saturated heterocycles. The zero-order valence-electron chi connectivity index (χ0n) is 15.0. The smallest absolute Gasteiger partial charge is 0.321 e. The van der Waals surface area contributed by atoms with E-state index in [2.05, 4.69) is 20.6 Å². The molecule has 0 unspecified atom stereocenters. The van der Waals surface area contributed by atoms with Crippen LogP contribution >= 0.6 is 22.7 Å². The largest absolute Gasteiger partial charge is 0.336 e. The fourth-order valence-electron chi connectivity index (χ4n) is 2.92. The first-order chi connectivity index (χ1) is 13.0. The van der Waals surface area contributed by atoms with Crippen molar-refractivity contribution in [3.63, 3.8) is 0 Å². The number of nitrogens with one attached hydrogen (secondary N) is 2. The molecule has 1 aromatic carbocycles. The number of rotatable bonds is 3. The average molecular weight is 402 g/mol. The Balaban J connectivity index is 1.47. The van der Waals surface area contributed by atoms with Gasteiger partial charge in [-0.05, 0) is 26.0 Å². The third-order valence-corrected chi connectivity index (χ3v) is 6.16. The van der Waals surface area contributed by atoms with Crippen LogP contribution in [0.25, 0.3) is 10.2 Å². The van der Waals surface area contributed by atoms with Gasteiger partial charge in [-0.2, -0.15) is 0 Å². The number of benzene rings is 1. The summed E-state index contributed by atoms with van der Waals surface area (Å²) < 4.78 is 1.01. The maximum Gasteiger partial charge on any atom is 0.321 e. The summed E-state index contributed by atoms with van der Waals surface area (Å²) in [6.45, 7) is 4.90. The number of urea groups is 1. The highest BCUT2D eigenvalue weighted by molar-refractivity contribution is 7.20. The first-order valence-corrected chi connectivity index (χ1v) is 10.3. The van der Waals surface area contributed by atoms with Crippen LogP contribution in [0.4, 0.5) is 9.93 Å². The Morgan fingerprint density at radius 2 is 2.00 bits per heavy atom. The molecule has 140 valence electrons. The molecule has 0 spiro atoms. The third-order valence-electron chi connectivity index (χ3n) is 4.14. The Labute approximate surface area is 164 Å². The molecule has 3 amide bonds. The maximum atomic E-state index is 12.9. The van der Waals surface area contributed by atoms with Crippen LogP contribution in [0.5, 0.6) is 0 Å². The monoisotopic (exact) mass is 401 g/mol. The van der Waals surface area contributed by atoms with Gasteiger partial charge in [-0.1, -0.05) is 23.5 Å².